The van der Waals surface area contributed by atoms with Crippen molar-refractivity contribution in [2.75, 3.05) is 19.7 Å². The monoisotopic (exact) mass is 224 g/mol. The normalized spacial score (nSPS) is 16.0. The average Bonchev–Trinajstić information content (AvgIpc) is 3.04. The zero-order valence-electron chi connectivity index (χ0n) is 10.1. The quantitative estimate of drug-likeness (QED) is 0.774. The van der Waals surface area contributed by atoms with E-state index >= 15 is 0 Å². The van der Waals surface area contributed by atoms with E-state index < -0.39 is 0 Å². The summed E-state index contributed by atoms with van der Waals surface area (Å²) in [6.07, 6.45) is 2.50. The Morgan fingerprint density at radius 3 is 2.75 bits per heavy atom. The lowest BCUT2D eigenvalue weighted by Gasteiger charge is -2.19. The van der Waals surface area contributed by atoms with Gasteiger partial charge < -0.3 is 9.67 Å². The zero-order valence-corrected chi connectivity index (χ0v) is 10.1. The highest BCUT2D eigenvalue weighted by Crippen LogP contribution is 2.36. The summed E-state index contributed by atoms with van der Waals surface area (Å²) in [4.78, 5) is 2.18. The number of hydrogen-bond donors (Lipinski definition) is 1. The third kappa shape index (κ3) is 2.41. The van der Waals surface area contributed by atoms with Crippen molar-refractivity contribution in [1.82, 2.24) is 19.7 Å². The van der Waals surface area contributed by atoms with Crippen LogP contribution in [0, 0.1) is 6.92 Å². The standard InChI is InChI=1S/C11H20N4O/c1-3-14(6-7-16)8-11-13-12-9(2)15(11)10-4-5-10/h10,16H,3-8H2,1-2H3. The van der Waals surface area contributed by atoms with E-state index in [-0.39, 0.29) is 6.61 Å². The number of rotatable bonds is 6. The molecule has 1 N–H and O–H groups in total. The van der Waals surface area contributed by atoms with Gasteiger partial charge in [-0.3, -0.25) is 4.90 Å². The molecule has 5 heteroatoms. The Morgan fingerprint density at radius 1 is 1.44 bits per heavy atom. The second kappa shape index (κ2) is 4.93. The van der Waals surface area contributed by atoms with Crippen molar-refractivity contribution in [3.05, 3.63) is 11.6 Å². The lowest BCUT2D eigenvalue weighted by molar-refractivity contribution is 0.192. The zero-order chi connectivity index (χ0) is 11.5. The number of aromatic nitrogens is 3. The van der Waals surface area contributed by atoms with Gasteiger partial charge in [0.1, 0.15) is 11.6 Å². The van der Waals surface area contributed by atoms with E-state index in [1.807, 2.05) is 6.92 Å². The molecule has 2 rings (SSSR count). The van der Waals surface area contributed by atoms with E-state index in [2.05, 4.69) is 26.6 Å². The molecule has 1 heterocycles. The molecule has 1 aliphatic carbocycles. The third-order valence-electron chi connectivity index (χ3n) is 3.08. The summed E-state index contributed by atoms with van der Waals surface area (Å²) in [5, 5.41) is 17.3. The molecule has 16 heavy (non-hydrogen) atoms. The van der Waals surface area contributed by atoms with Gasteiger partial charge >= 0.3 is 0 Å². The minimum Gasteiger partial charge on any atom is -0.395 e. The molecule has 0 radical (unpaired) electrons. The lowest BCUT2D eigenvalue weighted by atomic mass is 10.4. The Bertz CT molecular complexity index is 346. The first kappa shape index (κ1) is 11.5. The molecule has 90 valence electrons. The van der Waals surface area contributed by atoms with Crippen LogP contribution >= 0.6 is 0 Å². The highest BCUT2D eigenvalue weighted by Gasteiger charge is 2.28. The molecule has 0 aliphatic heterocycles. The van der Waals surface area contributed by atoms with Gasteiger partial charge in [-0.25, -0.2) is 0 Å². The Kier molecular flexibility index (Phi) is 3.56. The average molecular weight is 224 g/mol. The van der Waals surface area contributed by atoms with E-state index in [1.54, 1.807) is 0 Å². The van der Waals surface area contributed by atoms with E-state index in [4.69, 9.17) is 5.11 Å². The Balaban J connectivity index is 2.07. The molecule has 1 fully saturated rings. The number of aliphatic hydroxyl groups is 1. The Morgan fingerprint density at radius 2 is 2.19 bits per heavy atom. The van der Waals surface area contributed by atoms with Crippen LogP contribution < -0.4 is 0 Å². The fourth-order valence-electron chi connectivity index (χ4n) is 2.02. The maximum Gasteiger partial charge on any atom is 0.147 e. The van der Waals surface area contributed by atoms with E-state index in [1.165, 1.54) is 12.8 Å². The van der Waals surface area contributed by atoms with Crippen molar-refractivity contribution >= 4 is 0 Å². The highest BCUT2D eigenvalue weighted by atomic mass is 16.3. The molecule has 1 aromatic rings. The first-order chi connectivity index (χ1) is 7.76. The molecule has 0 unspecified atom stereocenters. The van der Waals surface area contributed by atoms with Crippen LogP contribution in [0.1, 0.15) is 37.5 Å². The topological polar surface area (TPSA) is 54.2 Å². The van der Waals surface area contributed by atoms with E-state index in [0.29, 0.717) is 12.6 Å². The Labute approximate surface area is 96.1 Å². The van der Waals surface area contributed by atoms with Crippen LogP contribution in [-0.4, -0.2) is 44.5 Å². The lowest BCUT2D eigenvalue weighted by Crippen LogP contribution is -2.27. The van der Waals surface area contributed by atoms with E-state index in [0.717, 1.165) is 24.7 Å². The highest BCUT2D eigenvalue weighted by molar-refractivity contribution is 5.01. The summed E-state index contributed by atoms with van der Waals surface area (Å²) in [6, 6.07) is 0.623. The Hall–Kier alpha value is -0.940. The fraction of sp³-hybridized carbons (Fsp3) is 0.818. The van der Waals surface area contributed by atoms with Crippen molar-refractivity contribution in [2.24, 2.45) is 0 Å². The number of aryl methyl sites for hydroxylation is 1. The molecule has 1 aromatic heterocycles. The van der Waals surface area contributed by atoms with Gasteiger partial charge in [0.15, 0.2) is 0 Å². The maximum absolute atomic E-state index is 8.96. The summed E-state index contributed by atoms with van der Waals surface area (Å²) in [6.45, 7) is 6.72. The number of aliphatic hydroxyl groups excluding tert-OH is 1. The molecule has 1 aliphatic rings. The van der Waals surface area contributed by atoms with Crippen LogP contribution in [0.4, 0.5) is 0 Å². The molecule has 1 saturated carbocycles. The summed E-state index contributed by atoms with van der Waals surface area (Å²) < 4.78 is 2.25. The predicted molar refractivity (Wildman–Crippen MR) is 61.1 cm³/mol. The van der Waals surface area contributed by atoms with E-state index in [9.17, 15) is 0 Å². The first-order valence-corrected chi connectivity index (χ1v) is 5.99. The largest absolute Gasteiger partial charge is 0.395 e. The minimum atomic E-state index is 0.199. The molecule has 0 saturated heterocycles. The van der Waals surface area contributed by atoms with Gasteiger partial charge in [0.2, 0.25) is 0 Å². The fourth-order valence-corrected chi connectivity index (χ4v) is 2.02. The number of hydrogen-bond acceptors (Lipinski definition) is 4. The van der Waals surface area contributed by atoms with Gasteiger partial charge in [0.25, 0.3) is 0 Å². The molecular formula is C11H20N4O. The van der Waals surface area contributed by atoms with Crippen molar-refractivity contribution in [3.63, 3.8) is 0 Å². The van der Waals surface area contributed by atoms with Crippen molar-refractivity contribution in [2.45, 2.75) is 39.3 Å². The van der Waals surface area contributed by atoms with Gasteiger partial charge in [0, 0.05) is 12.6 Å². The third-order valence-corrected chi connectivity index (χ3v) is 3.08. The van der Waals surface area contributed by atoms with Crippen LogP contribution in [0.3, 0.4) is 0 Å². The summed E-state index contributed by atoms with van der Waals surface area (Å²) in [5.74, 6) is 2.05. The van der Waals surface area contributed by atoms with Crippen LogP contribution in [0.5, 0.6) is 0 Å². The number of likely N-dealkylation sites (N-methyl/N-ethyl adjacent to an activating group) is 1. The molecule has 0 atom stereocenters. The smallest absolute Gasteiger partial charge is 0.147 e. The van der Waals surface area contributed by atoms with Crippen LogP contribution in [0.15, 0.2) is 0 Å². The first-order valence-electron chi connectivity index (χ1n) is 5.99. The molecule has 0 bridgehead atoms. The van der Waals surface area contributed by atoms with Gasteiger partial charge in [0.05, 0.1) is 13.2 Å². The summed E-state index contributed by atoms with van der Waals surface area (Å²) >= 11 is 0. The van der Waals surface area contributed by atoms with Crippen LogP contribution in [0.25, 0.3) is 0 Å². The van der Waals surface area contributed by atoms with Gasteiger partial charge in [-0.1, -0.05) is 6.92 Å². The summed E-state index contributed by atoms with van der Waals surface area (Å²) in [5.41, 5.74) is 0. The second-order valence-corrected chi connectivity index (χ2v) is 4.36. The molecular weight excluding hydrogens is 204 g/mol. The molecule has 0 spiro atoms. The van der Waals surface area contributed by atoms with Crippen molar-refractivity contribution in [1.29, 1.82) is 0 Å². The second-order valence-electron chi connectivity index (χ2n) is 4.36. The van der Waals surface area contributed by atoms with Gasteiger partial charge in [-0.15, -0.1) is 10.2 Å². The summed E-state index contributed by atoms with van der Waals surface area (Å²) in [7, 11) is 0. The molecule has 0 amide bonds. The molecule has 5 nitrogen and oxygen atoms in total. The van der Waals surface area contributed by atoms with Crippen LogP contribution in [-0.2, 0) is 6.54 Å². The predicted octanol–water partition coefficient (Wildman–Crippen LogP) is 0.736. The maximum atomic E-state index is 8.96. The SMILES string of the molecule is CCN(CCO)Cc1nnc(C)n1C1CC1. The van der Waals surface area contributed by atoms with Crippen LogP contribution in [0.2, 0.25) is 0 Å². The number of nitrogens with zero attached hydrogens (tertiary/aromatic N) is 4. The van der Waals surface area contributed by atoms with Gasteiger partial charge in [-0.05, 0) is 26.3 Å². The van der Waals surface area contributed by atoms with Crippen molar-refractivity contribution < 1.29 is 5.11 Å². The van der Waals surface area contributed by atoms with Gasteiger partial charge in [-0.2, -0.15) is 0 Å². The minimum absolute atomic E-state index is 0.199. The van der Waals surface area contributed by atoms with Crippen molar-refractivity contribution in [3.8, 4) is 0 Å². The molecule has 0 aromatic carbocycles.